The number of carbonyl (C=O) groups is 1. The maximum atomic E-state index is 11.4. The van der Waals surface area contributed by atoms with Crippen LogP contribution in [0.1, 0.15) is 37.8 Å². The maximum absolute atomic E-state index is 11.4. The molecule has 0 bridgehead atoms. The normalized spacial score (nSPS) is 12.8. The molecular weight excluding hydrogens is 195 g/mol. The third kappa shape index (κ3) is 3.51. The molecular formula is C14H19BO. The van der Waals surface area contributed by atoms with Crippen molar-refractivity contribution in [2.45, 2.75) is 39.4 Å². The first-order valence-electron chi connectivity index (χ1n) is 5.86. The number of ketones is 1. The van der Waals surface area contributed by atoms with Gasteiger partial charge in [-0.25, -0.2) is 0 Å². The molecule has 0 saturated carbocycles. The van der Waals surface area contributed by atoms with Crippen LogP contribution in [0.2, 0.25) is 6.32 Å². The monoisotopic (exact) mass is 214 g/mol. The number of benzene rings is 1. The minimum Gasteiger partial charge on any atom is -0.300 e. The van der Waals surface area contributed by atoms with Gasteiger partial charge >= 0.3 is 0 Å². The quantitative estimate of drug-likeness (QED) is 0.688. The second kappa shape index (κ2) is 5.88. The number of hydrogen-bond acceptors (Lipinski definition) is 1. The maximum Gasteiger partial charge on any atom is 0.131 e. The lowest BCUT2D eigenvalue weighted by molar-refractivity contribution is -0.118. The molecule has 1 nitrogen and oxygen atoms in total. The Morgan fingerprint density at radius 2 is 1.75 bits per heavy atom. The van der Waals surface area contributed by atoms with Gasteiger partial charge in [0.2, 0.25) is 0 Å². The molecule has 0 amide bonds. The lowest BCUT2D eigenvalue weighted by Gasteiger charge is -2.11. The van der Waals surface area contributed by atoms with E-state index in [9.17, 15) is 4.79 Å². The molecule has 0 aliphatic carbocycles. The summed E-state index contributed by atoms with van der Waals surface area (Å²) in [6.07, 6.45) is 1.20. The third-order valence-electron chi connectivity index (χ3n) is 2.81. The van der Waals surface area contributed by atoms with Crippen molar-refractivity contribution in [3.8, 4) is 0 Å². The van der Waals surface area contributed by atoms with E-state index in [4.69, 9.17) is 7.85 Å². The van der Waals surface area contributed by atoms with Crippen molar-refractivity contribution in [2.24, 2.45) is 5.92 Å². The molecule has 0 fully saturated rings. The van der Waals surface area contributed by atoms with Gasteiger partial charge in [-0.3, -0.25) is 4.79 Å². The Morgan fingerprint density at radius 3 is 2.19 bits per heavy atom. The Morgan fingerprint density at radius 1 is 1.19 bits per heavy atom. The lowest BCUT2D eigenvalue weighted by Crippen LogP contribution is -2.08. The van der Waals surface area contributed by atoms with Crippen molar-refractivity contribution in [3.05, 3.63) is 35.4 Å². The van der Waals surface area contributed by atoms with E-state index >= 15 is 0 Å². The summed E-state index contributed by atoms with van der Waals surface area (Å²) in [4.78, 5) is 11.4. The van der Waals surface area contributed by atoms with E-state index in [-0.39, 0.29) is 18.0 Å². The van der Waals surface area contributed by atoms with E-state index in [0.717, 1.165) is 12.0 Å². The Labute approximate surface area is 99.7 Å². The summed E-state index contributed by atoms with van der Waals surface area (Å²) >= 11 is 0. The van der Waals surface area contributed by atoms with E-state index in [1.165, 1.54) is 5.56 Å². The topological polar surface area (TPSA) is 17.1 Å². The molecule has 1 aromatic rings. The Balaban J connectivity index is 2.74. The van der Waals surface area contributed by atoms with Crippen LogP contribution in [0.15, 0.2) is 24.3 Å². The summed E-state index contributed by atoms with van der Waals surface area (Å²) in [6.45, 7) is 6.32. The highest BCUT2D eigenvalue weighted by Crippen LogP contribution is 2.19. The summed E-state index contributed by atoms with van der Waals surface area (Å²) < 4.78 is 0. The van der Waals surface area contributed by atoms with E-state index in [1.54, 1.807) is 0 Å². The van der Waals surface area contributed by atoms with Crippen LogP contribution in [0, 0.1) is 5.92 Å². The van der Waals surface area contributed by atoms with Crippen molar-refractivity contribution in [1.29, 1.82) is 0 Å². The molecule has 84 valence electrons. The predicted molar refractivity (Wildman–Crippen MR) is 69.0 cm³/mol. The predicted octanol–water partition coefficient (Wildman–Crippen LogP) is 3.14. The van der Waals surface area contributed by atoms with Gasteiger partial charge in [0, 0.05) is 5.92 Å². The van der Waals surface area contributed by atoms with Crippen molar-refractivity contribution in [1.82, 2.24) is 0 Å². The molecule has 1 atom stereocenters. The zero-order valence-corrected chi connectivity index (χ0v) is 10.4. The van der Waals surface area contributed by atoms with Gasteiger partial charge in [0.15, 0.2) is 0 Å². The van der Waals surface area contributed by atoms with Crippen molar-refractivity contribution in [3.63, 3.8) is 0 Å². The summed E-state index contributed by atoms with van der Waals surface area (Å²) in [7, 11) is 5.36. The SMILES string of the molecule is [B]CC(=O)C(C)c1ccc(CC(C)C)cc1. The molecule has 0 N–H and O–H groups in total. The zero-order valence-electron chi connectivity index (χ0n) is 10.4. The molecule has 1 rings (SSSR count). The van der Waals surface area contributed by atoms with E-state index in [1.807, 2.05) is 19.1 Å². The van der Waals surface area contributed by atoms with Crippen LogP contribution in [0.5, 0.6) is 0 Å². The molecule has 2 radical (unpaired) electrons. The molecule has 0 aliphatic rings. The number of rotatable bonds is 5. The minimum atomic E-state index is -0.0851. The molecule has 1 unspecified atom stereocenters. The first-order valence-corrected chi connectivity index (χ1v) is 5.86. The molecule has 0 spiro atoms. The van der Waals surface area contributed by atoms with E-state index in [2.05, 4.69) is 26.0 Å². The average Bonchev–Trinajstić information content (AvgIpc) is 2.27. The molecule has 2 heteroatoms. The average molecular weight is 214 g/mol. The van der Waals surface area contributed by atoms with Crippen molar-refractivity contribution in [2.75, 3.05) is 0 Å². The molecule has 0 aliphatic heterocycles. The van der Waals surface area contributed by atoms with Crippen LogP contribution in [0.3, 0.4) is 0 Å². The summed E-state index contributed by atoms with van der Waals surface area (Å²) in [5, 5.41) is 0. The van der Waals surface area contributed by atoms with Gasteiger partial charge in [-0.05, 0) is 29.8 Å². The van der Waals surface area contributed by atoms with Crippen LogP contribution >= 0.6 is 0 Å². The fourth-order valence-electron chi connectivity index (χ4n) is 1.78. The van der Waals surface area contributed by atoms with Crippen LogP contribution < -0.4 is 0 Å². The summed E-state index contributed by atoms with van der Waals surface area (Å²) in [5.74, 6) is 0.670. The first kappa shape index (κ1) is 13.0. The number of Topliss-reactive ketones (excluding diaryl/α,β-unsaturated/α-hetero) is 1. The third-order valence-corrected chi connectivity index (χ3v) is 2.81. The fraction of sp³-hybridized carbons (Fsp3) is 0.500. The summed E-state index contributed by atoms with van der Waals surface area (Å²) in [5.41, 5.74) is 2.38. The highest BCUT2D eigenvalue weighted by atomic mass is 16.1. The highest BCUT2D eigenvalue weighted by molar-refractivity contribution is 6.21. The molecule has 16 heavy (non-hydrogen) atoms. The van der Waals surface area contributed by atoms with Crippen LogP contribution in [-0.4, -0.2) is 13.6 Å². The van der Waals surface area contributed by atoms with E-state index < -0.39 is 0 Å². The smallest absolute Gasteiger partial charge is 0.131 e. The number of hydrogen-bond donors (Lipinski definition) is 0. The lowest BCUT2D eigenvalue weighted by atomic mass is 9.87. The largest absolute Gasteiger partial charge is 0.300 e. The van der Waals surface area contributed by atoms with Gasteiger partial charge < -0.3 is 0 Å². The Bertz CT molecular complexity index is 340. The second-order valence-electron chi connectivity index (χ2n) is 4.73. The van der Waals surface area contributed by atoms with Crippen molar-refractivity contribution < 1.29 is 4.79 Å². The zero-order chi connectivity index (χ0) is 12.1. The second-order valence-corrected chi connectivity index (χ2v) is 4.73. The van der Waals surface area contributed by atoms with Crippen LogP contribution in [0.4, 0.5) is 0 Å². The molecule has 0 saturated heterocycles. The van der Waals surface area contributed by atoms with Gasteiger partial charge in [-0.1, -0.05) is 45.0 Å². The Kier molecular flexibility index (Phi) is 4.79. The Hall–Kier alpha value is -1.05. The van der Waals surface area contributed by atoms with Crippen LogP contribution in [-0.2, 0) is 11.2 Å². The van der Waals surface area contributed by atoms with Crippen LogP contribution in [0.25, 0.3) is 0 Å². The molecule has 0 heterocycles. The van der Waals surface area contributed by atoms with E-state index in [0.29, 0.717) is 5.92 Å². The van der Waals surface area contributed by atoms with Gasteiger partial charge in [0.25, 0.3) is 0 Å². The number of carbonyl (C=O) groups excluding carboxylic acids is 1. The minimum absolute atomic E-state index is 0.0851. The standard InChI is InChI=1S/C14H19BO/c1-10(2)8-12-4-6-13(7-5-12)11(3)14(16)9-15/h4-7,10-11H,8-9H2,1-3H3. The first-order chi connectivity index (χ1) is 7.54. The fourth-order valence-corrected chi connectivity index (χ4v) is 1.78. The van der Waals surface area contributed by atoms with Gasteiger partial charge in [-0.15, -0.1) is 0 Å². The van der Waals surface area contributed by atoms with Gasteiger partial charge in [-0.2, -0.15) is 0 Å². The highest BCUT2D eigenvalue weighted by Gasteiger charge is 2.12. The molecule has 1 aromatic carbocycles. The van der Waals surface area contributed by atoms with Crippen molar-refractivity contribution >= 4 is 13.6 Å². The molecule has 0 aromatic heterocycles. The van der Waals surface area contributed by atoms with Gasteiger partial charge in [0.05, 0.1) is 7.85 Å². The van der Waals surface area contributed by atoms with Gasteiger partial charge in [0.1, 0.15) is 5.78 Å². The summed E-state index contributed by atoms with van der Waals surface area (Å²) in [6, 6.07) is 8.29.